The molecule has 3 atom stereocenters. The Morgan fingerprint density at radius 2 is 2.18 bits per heavy atom. The van der Waals surface area contributed by atoms with Crippen molar-refractivity contribution >= 4 is 11.9 Å². The van der Waals surface area contributed by atoms with Gasteiger partial charge in [-0.1, -0.05) is 0 Å². The van der Waals surface area contributed by atoms with Gasteiger partial charge in [0.15, 0.2) is 5.96 Å². The third kappa shape index (κ3) is 3.24. The van der Waals surface area contributed by atoms with Gasteiger partial charge in [-0.15, -0.1) is 0 Å². The standard InChI is InChI=1S/C20H26FN3O4/c1-24-18(25)15-10-17(12-3-4-12)28-11-20(15,23-19(24)22)14-9-13(5-6-16(14)21)27-8-7-26-2/h5-6,9,12,15,17H,3-4,7-8,10-11H2,1-2H3,(H2,22,23)/t15-,17+,20+/m0/s1. The smallest absolute Gasteiger partial charge is 0.235 e. The van der Waals surface area contributed by atoms with Crippen LogP contribution in [0.25, 0.3) is 0 Å². The van der Waals surface area contributed by atoms with E-state index in [0.717, 1.165) is 12.8 Å². The molecule has 3 aliphatic rings. The van der Waals surface area contributed by atoms with E-state index in [0.29, 0.717) is 36.9 Å². The second-order valence-electron chi connectivity index (χ2n) is 7.80. The molecule has 28 heavy (non-hydrogen) atoms. The van der Waals surface area contributed by atoms with Crippen molar-refractivity contribution in [2.75, 3.05) is 34.0 Å². The van der Waals surface area contributed by atoms with E-state index in [4.69, 9.17) is 19.6 Å². The number of rotatable bonds is 6. The Morgan fingerprint density at radius 1 is 1.39 bits per heavy atom. The highest BCUT2D eigenvalue weighted by Crippen LogP contribution is 2.47. The first kappa shape index (κ1) is 19.1. The molecule has 2 N–H and O–H groups in total. The number of hydrogen-bond donors (Lipinski definition) is 2. The Kier molecular flexibility index (Phi) is 5.01. The van der Waals surface area contributed by atoms with Gasteiger partial charge in [-0.05, 0) is 43.4 Å². The van der Waals surface area contributed by atoms with Crippen molar-refractivity contribution in [1.82, 2.24) is 10.2 Å². The van der Waals surface area contributed by atoms with Crippen molar-refractivity contribution in [3.05, 3.63) is 29.6 Å². The van der Waals surface area contributed by atoms with Crippen LogP contribution in [-0.2, 0) is 19.8 Å². The highest BCUT2D eigenvalue weighted by atomic mass is 19.1. The molecule has 3 fully saturated rings. The van der Waals surface area contributed by atoms with Crippen molar-refractivity contribution in [1.29, 1.82) is 5.41 Å². The van der Waals surface area contributed by atoms with Crippen molar-refractivity contribution in [2.45, 2.75) is 30.9 Å². The molecule has 152 valence electrons. The highest BCUT2D eigenvalue weighted by Gasteiger charge is 2.56. The SMILES string of the molecule is COCCOc1ccc(F)c([C@]23CO[C@@H](C4CC4)C[C@H]2C(=O)N(C)C(=N)N3)c1. The largest absolute Gasteiger partial charge is 0.491 e. The van der Waals surface area contributed by atoms with E-state index in [1.54, 1.807) is 26.3 Å². The molecule has 1 aromatic rings. The maximum atomic E-state index is 15.0. The molecule has 2 heterocycles. The monoisotopic (exact) mass is 391 g/mol. The van der Waals surface area contributed by atoms with Gasteiger partial charge < -0.3 is 19.5 Å². The fourth-order valence-electron chi connectivity index (χ4n) is 4.22. The van der Waals surface area contributed by atoms with Crippen molar-refractivity contribution < 1.29 is 23.4 Å². The predicted molar refractivity (Wildman–Crippen MR) is 99.7 cm³/mol. The van der Waals surface area contributed by atoms with Gasteiger partial charge in [-0.25, -0.2) is 4.39 Å². The van der Waals surface area contributed by atoms with E-state index in [9.17, 15) is 9.18 Å². The van der Waals surface area contributed by atoms with Gasteiger partial charge in [-0.3, -0.25) is 15.1 Å². The number of nitrogens with one attached hydrogen (secondary N) is 2. The lowest BCUT2D eigenvalue weighted by molar-refractivity contribution is -0.150. The molecule has 2 saturated heterocycles. The van der Waals surface area contributed by atoms with Crippen LogP contribution in [0.1, 0.15) is 24.8 Å². The number of guanidine groups is 1. The molecule has 0 unspecified atom stereocenters. The number of carbonyl (C=O) groups is 1. The molecule has 1 saturated carbocycles. The Labute approximate surface area is 163 Å². The molecule has 1 aromatic carbocycles. The molecule has 8 heteroatoms. The van der Waals surface area contributed by atoms with Crippen LogP contribution in [0.15, 0.2) is 18.2 Å². The molecule has 2 aliphatic heterocycles. The summed E-state index contributed by atoms with van der Waals surface area (Å²) in [5.74, 6) is -0.218. The molecular formula is C20H26FN3O4. The van der Waals surface area contributed by atoms with E-state index in [1.807, 2.05) is 0 Å². The number of benzene rings is 1. The summed E-state index contributed by atoms with van der Waals surface area (Å²) in [6, 6.07) is 4.50. The number of fused-ring (bicyclic) bond motifs is 1. The minimum Gasteiger partial charge on any atom is -0.491 e. The van der Waals surface area contributed by atoms with Gasteiger partial charge in [0.05, 0.1) is 25.2 Å². The lowest BCUT2D eigenvalue weighted by Gasteiger charge is -2.51. The molecule has 1 amide bonds. The lowest BCUT2D eigenvalue weighted by Crippen LogP contribution is -2.69. The average molecular weight is 391 g/mol. The van der Waals surface area contributed by atoms with Crippen LogP contribution in [0, 0.1) is 23.1 Å². The number of amides is 1. The summed E-state index contributed by atoms with van der Waals surface area (Å²) in [5.41, 5.74) is -0.815. The number of methoxy groups -OCH3 is 1. The highest BCUT2D eigenvalue weighted by molar-refractivity contribution is 6.00. The number of carbonyl (C=O) groups excluding carboxylic acids is 1. The lowest BCUT2D eigenvalue weighted by atomic mass is 9.71. The molecule has 1 aliphatic carbocycles. The first-order valence-corrected chi connectivity index (χ1v) is 9.64. The van der Waals surface area contributed by atoms with Gasteiger partial charge in [-0.2, -0.15) is 0 Å². The molecule has 0 bridgehead atoms. The summed E-state index contributed by atoms with van der Waals surface area (Å²) in [7, 11) is 3.15. The number of hydrogen-bond acceptors (Lipinski definition) is 5. The van der Waals surface area contributed by atoms with Crippen LogP contribution in [0.4, 0.5) is 4.39 Å². The van der Waals surface area contributed by atoms with Crippen LogP contribution in [-0.4, -0.2) is 56.8 Å². The van der Waals surface area contributed by atoms with Gasteiger partial charge >= 0.3 is 0 Å². The summed E-state index contributed by atoms with van der Waals surface area (Å²) in [6.07, 6.45) is 2.74. The zero-order valence-electron chi connectivity index (χ0n) is 16.2. The second-order valence-corrected chi connectivity index (χ2v) is 7.80. The molecule has 0 radical (unpaired) electrons. The summed E-state index contributed by atoms with van der Waals surface area (Å²) < 4.78 is 31.7. The van der Waals surface area contributed by atoms with E-state index in [1.165, 1.54) is 11.0 Å². The summed E-state index contributed by atoms with van der Waals surface area (Å²) in [4.78, 5) is 14.4. The zero-order valence-corrected chi connectivity index (χ0v) is 16.2. The maximum absolute atomic E-state index is 15.0. The third-order valence-electron chi connectivity index (χ3n) is 6.02. The zero-order chi connectivity index (χ0) is 19.9. The minimum absolute atomic E-state index is 0.00811. The van der Waals surface area contributed by atoms with E-state index < -0.39 is 17.3 Å². The van der Waals surface area contributed by atoms with E-state index >= 15 is 0 Å². The quantitative estimate of drug-likeness (QED) is 0.723. The van der Waals surface area contributed by atoms with E-state index in [-0.39, 0.29) is 24.6 Å². The Morgan fingerprint density at radius 3 is 2.89 bits per heavy atom. The summed E-state index contributed by atoms with van der Waals surface area (Å²) >= 11 is 0. The normalized spacial score (nSPS) is 30.0. The van der Waals surface area contributed by atoms with Gasteiger partial charge in [0.25, 0.3) is 0 Å². The van der Waals surface area contributed by atoms with Crippen molar-refractivity contribution in [3.8, 4) is 5.75 Å². The first-order chi connectivity index (χ1) is 13.5. The molecule has 0 spiro atoms. The van der Waals surface area contributed by atoms with Crippen LogP contribution >= 0.6 is 0 Å². The summed E-state index contributed by atoms with van der Waals surface area (Å²) in [6.45, 7) is 0.890. The topological polar surface area (TPSA) is 83.9 Å². The fraction of sp³-hybridized carbons (Fsp3) is 0.600. The van der Waals surface area contributed by atoms with Crippen molar-refractivity contribution in [2.24, 2.45) is 11.8 Å². The van der Waals surface area contributed by atoms with E-state index in [2.05, 4.69) is 5.32 Å². The van der Waals surface area contributed by atoms with Crippen LogP contribution in [0.5, 0.6) is 5.75 Å². The predicted octanol–water partition coefficient (Wildman–Crippen LogP) is 1.86. The minimum atomic E-state index is -1.11. The van der Waals surface area contributed by atoms with Gasteiger partial charge in [0, 0.05) is 19.7 Å². The van der Waals surface area contributed by atoms with Crippen molar-refractivity contribution in [3.63, 3.8) is 0 Å². The van der Waals surface area contributed by atoms with Gasteiger partial charge in [0.2, 0.25) is 5.91 Å². The Balaban J connectivity index is 1.70. The third-order valence-corrected chi connectivity index (χ3v) is 6.02. The average Bonchev–Trinajstić information content (AvgIpc) is 3.53. The number of nitrogens with zero attached hydrogens (tertiary/aromatic N) is 1. The maximum Gasteiger partial charge on any atom is 0.235 e. The van der Waals surface area contributed by atoms with Crippen LogP contribution in [0.2, 0.25) is 0 Å². The second kappa shape index (κ2) is 7.33. The Hall–Kier alpha value is -2.19. The molecule has 7 nitrogen and oxygen atoms in total. The molecule has 0 aromatic heterocycles. The fourth-order valence-corrected chi connectivity index (χ4v) is 4.22. The number of ether oxygens (including phenoxy) is 3. The summed E-state index contributed by atoms with van der Waals surface area (Å²) in [5, 5.41) is 11.3. The molecular weight excluding hydrogens is 365 g/mol. The van der Waals surface area contributed by atoms with Crippen LogP contribution < -0.4 is 10.1 Å². The Bertz CT molecular complexity index is 785. The number of halogens is 1. The van der Waals surface area contributed by atoms with Gasteiger partial charge in [0.1, 0.15) is 23.7 Å². The first-order valence-electron chi connectivity index (χ1n) is 9.64. The molecule has 4 rings (SSSR count). The van der Waals surface area contributed by atoms with Crippen LogP contribution in [0.3, 0.4) is 0 Å².